The van der Waals surface area contributed by atoms with Crippen LogP contribution in [0.5, 0.6) is 0 Å². The Bertz CT molecular complexity index is 1150. The molecule has 41 heavy (non-hydrogen) atoms. The van der Waals surface area contributed by atoms with Crippen LogP contribution in [0.1, 0.15) is 81.8 Å². The van der Waals surface area contributed by atoms with Gasteiger partial charge in [0.05, 0.1) is 29.9 Å². The van der Waals surface area contributed by atoms with Gasteiger partial charge in [-0.2, -0.15) is 0 Å². The van der Waals surface area contributed by atoms with Crippen LogP contribution in [0.25, 0.3) is 0 Å². The lowest BCUT2D eigenvalue weighted by Crippen LogP contribution is -2.49. The molecule has 0 spiro atoms. The number of ether oxygens (including phenoxy) is 4. The first-order valence-corrected chi connectivity index (χ1v) is 15.0. The molecule has 0 unspecified atom stereocenters. The third-order valence-corrected chi connectivity index (χ3v) is 7.76. The largest absolute Gasteiger partial charge is 0.511 e. The Kier molecular flexibility index (Phi) is 11.6. The Labute approximate surface area is 246 Å². The van der Waals surface area contributed by atoms with Crippen molar-refractivity contribution in [2.45, 2.75) is 73.3 Å². The molecule has 1 aromatic rings. The lowest BCUT2D eigenvalue weighted by Gasteiger charge is -2.33. The number of amides is 2. The maximum Gasteiger partial charge on any atom is 0.511 e. The molecule has 2 aliphatic rings. The van der Waals surface area contributed by atoms with Crippen LogP contribution in [-0.4, -0.2) is 74.6 Å². The van der Waals surface area contributed by atoms with Crippen molar-refractivity contribution >= 4 is 41.0 Å². The average Bonchev–Trinajstić information content (AvgIpc) is 3.34. The molecule has 11 heteroatoms. The van der Waals surface area contributed by atoms with E-state index in [0.29, 0.717) is 49.9 Å². The number of anilines is 1. The van der Waals surface area contributed by atoms with Crippen LogP contribution in [0.15, 0.2) is 6.07 Å². The summed E-state index contributed by atoms with van der Waals surface area (Å²) < 4.78 is 20.4. The van der Waals surface area contributed by atoms with Gasteiger partial charge in [0.15, 0.2) is 0 Å². The Balaban J connectivity index is 1.94. The molecule has 2 heterocycles. The molecular weight excluding hydrogens is 548 g/mol. The number of thiophene rings is 1. The fourth-order valence-electron chi connectivity index (χ4n) is 4.52. The SMILES string of the molecule is CC(C)OC(=O)OCOC(=O)c1sc(C#CC(C)(C)C)cc1N(CC(=O)N1CCOCC1)C(=O)[C@H]1CC[C@H](C)CC1. The minimum atomic E-state index is -0.963. The smallest absolute Gasteiger partial charge is 0.431 e. The second-order valence-electron chi connectivity index (χ2n) is 11.8. The molecule has 1 saturated carbocycles. The molecule has 1 saturated heterocycles. The molecule has 1 aliphatic carbocycles. The summed E-state index contributed by atoms with van der Waals surface area (Å²) in [4.78, 5) is 56.1. The van der Waals surface area contributed by atoms with E-state index in [1.807, 2.05) is 20.8 Å². The van der Waals surface area contributed by atoms with Crippen molar-refractivity contribution in [3.05, 3.63) is 15.8 Å². The topological polar surface area (TPSA) is 112 Å². The fraction of sp³-hybridized carbons (Fsp3) is 0.667. The van der Waals surface area contributed by atoms with Gasteiger partial charge < -0.3 is 28.7 Å². The lowest BCUT2D eigenvalue weighted by atomic mass is 9.82. The van der Waals surface area contributed by atoms with Crippen LogP contribution in [0.3, 0.4) is 0 Å². The molecule has 0 aromatic carbocycles. The van der Waals surface area contributed by atoms with Crippen LogP contribution in [-0.2, 0) is 28.5 Å². The van der Waals surface area contributed by atoms with Crippen LogP contribution in [0, 0.1) is 29.1 Å². The number of nitrogens with zero attached hydrogens (tertiary/aromatic N) is 2. The molecule has 0 N–H and O–H groups in total. The van der Waals surface area contributed by atoms with Gasteiger partial charge in [-0.25, -0.2) is 9.59 Å². The third-order valence-electron chi connectivity index (χ3n) is 6.74. The highest BCUT2D eigenvalue weighted by Gasteiger charge is 2.34. The van der Waals surface area contributed by atoms with Gasteiger partial charge in [0.2, 0.25) is 18.6 Å². The van der Waals surface area contributed by atoms with E-state index < -0.39 is 25.0 Å². The van der Waals surface area contributed by atoms with Gasteiger partial charge in [0, 0.05) is 24.4 Å². The maximum atomic E-state index is 14.0. The minimum absolute atomic E-state index is 0.108. The standard InChI is InChI=1S/C30H42N2O8S/c1-20(2)40-29(36)39-19-38-28(35)26-24(17-23(41-26)11-12-30(4,5)6)32(18-25(33)31-13-15-37-16-14-31)27(34)22-9-7-21(3)8-10-22/h17,20-22H,7-10,13-16,18-19H2,1-6H3/t21-,22-. The van der Waals surface area contributed by atoms with E-state index in [0.717, 1.165) is 24.2 Å². The van der Waals surface area contributed by atoms with Crippen LogP contribution < -0.4 is 4.90 Å². The predicted octanol–water partition coefficient (Wildman–Crippen LogP) is 4.84. The van der Waals surface area contributed by atoms with Gasteiger partial charge in [0.25, 0.3) is 0 Å². The number of hydrogen-bond donors (Lipinski definition) is 0. The summed E-state index contributed by atoms with van der Waals surface area (Å²) in [6.07, 6.45) is 1.93. The number of rotatable bonds is 8. The summed E-state index contributed by atoms with van der Waals surface area (Å²) in [6, 6.07) is 1.67. The third kappa shape index (κ3) is 10.0. The summed E-state index contributed by atoms with van der Waals surface area (Å²) in [5.41, 5.74) is -0.0241. The van der Waals surface area contributed by atoms with Crippen molar-refractivity contribution in [1.82, 2.24) is 4.90 Å². The van der Waals surface area contributed by atoms with E-state index in [1.165, 1.54) is 4.90 Å². The number of carbonyl (C=O) groups excluding carboxylic acids is 4. The summed E-state index contributed by atoms with van der Waals surface area (Å²) in [6.45, 7) is 12.3. The van der Waals surface area contributed by atoms with Crippen molar-refractivity contribution in [2.75, 3.05) is 44.5 Å². The van der Waals surface area contributed by atoms with Gasteiger partial charge in [-0.3, -0.25) is 9.59 Å². The maximum absolute atomic E-state index is 14.0. The van der Waals surface area contributed by atoms with E-state index >= 15 is 0 Å². The Morgan fingerprint density at radius 2 is 1.76 bits per heavy atom. The first-order valence-electron chi connectivity index (χ1n) is 14.2. The summed E-state index contributed by atoms with van der Waals surface area (Å²) in [7, 11) is 0. The van der Waals surface area contributed by atoms with Gasteiger partial charge in [-0.15, -0.1) is 11.3 Å². The molecule has 0 atom stereocenters. The zero-order chi connectivity index (χ0) is 30.2. The van der Waals surface area contributed by atoms with Gasteiger partial charge in [-0.1, -0.05) is 18.8 Å². The number of hydrogen-bond acceptors (Lipinski definition) is 9. The second kappa shape index (κ2) is 14.7. The average molecular weight is 591 g/mol. The lowest BCUT2D eigenvalue weighted by molar-refractivity contribution is -0.135. The van der Waals surface area contributed by atoms with E-state index in [4.69, 9.17) is 18.9 Å². The Hall–Kier alpha value is -3.10. The van der Waals surface area contributed by atoms with Crippen molar-refractivity contribution in [3.63, 3.8) is 0 Å². The molecule has 1 aromatic heterocycles. The van der Waals surface area contributed by atoms with E-state index in [2.05, 4.69) is 18.8 Å². The first kappa shape index (κ1) is 32.4. The summed E-state index contributed by atoms with van der Waals surface area (Å²) in [5.74, 6) is 5.32. The van der Waals surface area contributed by atoms with Crippen molar-refractivity contribution in [1.29, 1.82) is 0 Å². The van der Waals surface area contributed by atoms with Crippen molar-refractivity contribution in [2.24, 2.45) is 17.3 Å². The molecule has 2 fully saturated rings. The van der Waals surface area contributed by atoms with Gasteiger partial charge in [0.1, 0.15) is 11.4 Å². The molecule has 0 radical (unpaired) electrons. The number of esters is 1. The monoisotopic (exact) mass is 590 g/mol. The quantitative estimate of drug-likeness (QED) is 0.240. The van der Waals surface area contributed by atoms with E-state index in [9.17, 15) is 19.2 Å². The van der Waals surface area contributed by atoms with Crippen LogP contribution >= 0.6 is 11.3 Å². The van der Waals surface area contributed by atoms with Crippen LogP contribution in [0.2, 0.25) is 0 Å². The molecular formula is C30H42N2O8S. The first-order chi connectivity index (χ1) is 19.3. The van der Waals surface area contributed by atoms with Gasteiger partial charge >= 0.3 is 12.1 Å². The zero-order valence-electron chi connectivity index (χ0n) is 24.9. The highest BCUT2D eigenvalue weighted by atomic mass is 32.1. The molecule has 0 bridgehead atoms. The summed E-state index contributed by atoms with van der Waals surface area (Å²) >= 11 is 1.07. The molecule has 2 amide bonds. The second-order valence-corrected chi connectivity index (χ2v) is 12.9. The normalized spacial score (nSPS) is 19.1. The Morgan fingerprint density at radius 3 is 2.37 bits per heavy atom. The van der Waals surface area contributed by atoms with Gasteiger partial charge in [-0.05, 0) is 72.3 Å². The van der Waals surface area contributed by atoms with Crippen molar-refractivity contribution in [3.8, 4) is 11.8 Å². The Morgan fingerprint density at radius 1 is 1.10 bits per heavy atom. The highest BCUT2D eigenvalue weighted by Crippen LogP contribution is 2.35. The fourth-order valence-corrected chi connectivity index (χ4v) is 5.43. The number of carbonyl (C=O) groups is 4. The van der Waals surface area contributed by atoms with E-state index in [1.54, 1.807) is 24.8 Å². The van der Waals surface area contributed by atoms with E-state index in [-0.39, 0.29) is 40.3 Å². The summed E-state index contributed by atoms with van der Waals surface area (Å²) in [5, 5.41) is 0. The molecule has 10 nitrogen and oxygen atoms in total. The molecule has 1 aliphatic heterocycles. The van der Waals surface area contributed by atoms with Crippen molar-refractivity contribution < 1.29 is 38.1 Å². The zero-order valence-corrected chi connectivity index (χ0v) is 25.8. The molecule has 3 rings (SSSR count). The molecule has 226 valence electrons. The van der Waals surface area contributed by atoms with Crippen LogP contribution in [0.4, 0.5) is 10.5 Å². The predicted molar refractivity (Wildman–Crippen MR) is 155 cm³/mol. The number of morpholine rings is 1. The minimum Gasteiger partial charge on any atom is -0.431 e. The highest BCUT2D eigenvalue weighted by molar-refractivity contribution is 7.15.